The zero-order valence-corrected chi connectivity index (χ0v) is 14.0. The first-order chi connectivity index (χ1) is 11.2. The second-order valence-electron chi connectivity index (χ2n) is 5.79. The topological polar surface area (TPSA) is 54.9 Å². The Morgan fingerprint density at radius 3 is 2.43 bits per heavy atom. The van der Waals surface area contributed by atoms with Crippen molar-refractivity contribution in [3.05, 3.63) is 48.3 Å². The molecule has 0 spiro atoms. The highest BCUT2D eigenvalue weighted by Crippen LogP contribution is 2.14. The molecule has 1 amide bonds. The fraction of sp³-hybridized carbons (Fsp3) is 0.421. The molecule has 0 radical (unpaired) electrons. The molecular weight excluding hydrogens is 286 g/mol. The number of benzene rings is 1. The third kappa shape index (κ3) is 5.16. The summed E-state index contributed by atoms with van der Waals surface area (Å²) in [4.78, 5) is 20.8. The average molecular weight is 311 g/mol. The Hall–Kier alpha value is -2.23. The number of hydrogen-bond donors (Lipinski definition) is 1. The van der Waals surface area contributed by atoms with Crippen molar-refractivity contribution in [3.63, 3.8) is 0 Å². The van der Waals surface area contributed by atoms with Crippen LogP contribution in [0.5, 0.6) is 0 Å². The van der Waals surface area contributed by atoms with Gasteiger partial charge in [-0.3, -0.25) is 4.79 Å². The molecule has 2 aromatic rings. The second kappa shape index (κ2) is 9.03. The second-order valence-corrected chi connectivity index (χ2v) is 5.79. The first kappa shape index (κ1) is 17.1. The number of hydrogen-bond acceptors (Lipinski definition) is 3. The van der Waals surface area contributed by atoms with Crippen LogP contribution in [0.15, 0.2) is 42.7 Å². The Morgan fingerprint density at radius 2 is 1.83 bits per heavy atom. The predicted molar refractivity (Wildman–Crippen MR) is 93.1 cm³/mol. The number of rotatable bonds is 8. The fourth-order valence-electron chi connectivity index (χ4n) is 2.46. The van der Waals surface area contributed by atoms with Gasteiger partial charge in [0.1, 0.15) is 0 Å². The molecule has 23 heavy (non-hydrogen) atoms. The fourth-order valence-corrected chi connectivity index (χ4v) is 2.46. The van der Waals surface area contributed by atoms with Crippen molar-refractivity contribution < 1.29 is 4.79 Å². The first-order valence-electron chi connectivity index (χ1n) is 8.40. The quantitative estimate of drug-likeness (QED) is 0.799. The molecule has 1 atom stereocenters. The van der Waals surface area contributed by atoms with Crippen molar-refractivity contribution in [2.75, 3.05) is 6.54 Å². The number of nitrogens with zero attached hydrogens (tertiary/aromatic N) is 2. The van der Waals surface area contributed by atoms with E-state index in [0.29, 0.717) is 17.3 Å². The first-order valence-corrected chi connectivity index (χ1v) is 8.40. The van der Waals surface area contributed by atoms with Crippen LogP contribution in [-0.4, -0.2) is 22.4 Å². The van der Waals surface area contributed by atoms with E-state index >= 15 is 0 Å². The monoisotopic (exact) mass is 311 g/mol. The van der Waals surface area contributed by atoms with E-state index in [1.54, 1.807) is 12.4 Å². The molecule has 1 heterocycles. The molecule has 0 saturated carbocycles. The Morgan fingerprint density at radius 1 is 1.13 bits per heavy atom. The molecular formula is C19H25N3O. The predicted octanol–water partition coefficient (Wildman–Crippen LogP) is 4.09. The van der Waals surface area contributed by atoms with Crippen molar-refractivity contribution >= 4 is 5.91 Å². The number of carbonyl (C=O) groups is 1. The van der Waals surface area contributed by atoms with Crippen molar-refractivity contribution in [1.29, 1.82) is 0 Å². The van der Waals surface area contributed by atoms with Gasteiger partial charge in [0.05, 0.1) is 5.56 Å². The lowest BCUT2D eigenvalue weighted by molar-refractivity contribution is 0.0945. The lowest BCUT2D eigenvalue weighted by atomic mass is 9.99. The van der Waals surface area contributed by atoms with E-state index in [2.05, 4.69) is 29.1 Å². The highest BCUT2D eigenvalue weighted by atomic mass is 16.1. The average Bonchev–Trinajstić information content (AvgIpc) is 2.62. The number of nitrogens with one attached hydrogen (secondary N) is 1. The molecule has 0 bridgehead atoms. The van der Waals surface area contributed by atoms with Gasteiger partial charge in [-0.05, 0) is 12.3 Å². The van der Waals surface area contributed by atoms with Crippen LogP contribution in [0.4, 0.5) is 0 Å². The smallest absolute Gasteiger partial charge is 0.254 e. The molecule has 1 N–H and O–H groups in total. The molecule has 4 heteroatoms. The summed E-state index contributed by atoms with van der Waals surface area (Å²) >= 11 is 0. The van der Waals surface area contributed by atoms with Crippen molar-refractivity contribution in [2.24, 2.45) is 5.92 Å². The molecule has 1 aromatic carbocycles. The van der Waals surface area contributed by atoms with Crippen LogP contribution in [-0.2, 0) is 0 Å². The van der Waals surface area contributed by atoms with Gasteiger partial charge in [-0.25, -0.2) is 9.97 Å². The van der Waals surface area contributed by atoms with Crippen LogP contribution in [0.2, 0.25) is 0 Å². The minimum atomic E-state index is -0.0976. The molecule has 1 aromatic heterocycles. The lowest BCUT2D eigenvalue weighted by Crippen LogP contribution is -2.29. The maximum Gasteiger partial charge on any atom is 0.254 e. The summed E-state index contributed by atoms with van der Waals surface area (Å²) in [6, 6.07) is 9.75. The summed E-state index contributed by atoms with van der Waals surface area (Å²) < 4.78 is 0. The molecule has 1 unspecified atom stereocenters. The van der Waals surface area contributed by atoms with E-state index in [4.69, 9.17) is 0 Å². The van der Waals surface area contributed by atoms with Crippen LogP contribution in [0.1, 0.15) is 49.9 Å². The van der Waals surface area contributed by atoms with Gasteiger partial charge in [-0.2, -0.15) is 0 Å². The highest BCUT2D eigenvalue weighted by molar-refractivity contribution is 5.93. The van der Waals surface area contributed by atoms with Gasteiger partial charge in [0.25, 0.3) is 5.91 Å². The standard InChI is InChI=1S/C19H25N3O/c1-3-5-9-15(4-2)12-22-19(23)17-13-20-18(21-14-17)16-10-7-6-8-11-16/h6-8,10-11,13-15H,3-5,9,12H2,1-2H3,(H,22,23). The van der Waals surface area contributed by atoms with Crippen LogP contribution in [0, 0.1) is 5.92 Å². The number of carbonyl (C=O) groups excluding carboxylic acids is 1. The zero-order chi connectivity index (χ0) is 16.5. The molecule has 2 rings (SSSR count). The van der Waals surface area contributed by atoms with Gasteiger partial charge in [0.2, 0.25) is 0 Å². The van der Waals surface area contributed by atoms with Gasteiger partial charge >= 0.3 is 0 Å². The van der Waals surface area contributed by atoms with Crippen LogP contribution in [0.3, 0.4) is 0 Å². The van der Waals surface area contributed by atoms with Gasteiger partial charge < -0.3 is 5.32 Å². The van der Waals surface area contributed by atoms with Crippen molar-refractivity contribution in [1.82, 2.24) is 15.3 Å². The normalized spacial score (nSPS) is 11.9. The van der Waals surface area contributed by atoms with Crippen molar-refractivity contribution in [2.45, 2.75) is 39.5 Å². The summed E-state index contributed by atoms with van der Waals surface area (Å²) in [7, 11) is 0. The summed E-state index contributed by atoms with van der Waals surface area (Å²) in [5.74, 6) is 1.08. The van der Waals surface area contributed by atoms with Crippen LogP contribution >= 0.6 is 0 Å². The highest BCUT2D eigenvalue weighted by Gasteiger charge is 2.11. The number of amides is 1. The molecule has 0 saturated heterocycles. The Bertz CT molecular complexity index is 596. The Labute approximate surface area is 138 Å². The molecule has 0 fully saturated rings. The summed E-state index contributed by atoms with van der Waals surface area (Å²) in [5, 5.41) is 3.00. The van der Waals surface area contributed by atoms with Gasteiger partial charge in [-0.1, -0.05) is 63.4 Å². The van der Waals surface area contributed by atoms with Gasteiger partial charge in [0.15, 0.2) is 5.82 Å². The van der Waals surface area contributed by atoms with E-state index in [0.717, 1.165) is 24.9 Å². The van der Waals surface area contributed by atoms with E-state index < -0.39 is 0 Å². The molecule has 4 nitrogen and oxygen atoms in total. The largest absolute Gasteiger partial charge is 0.352 e. The van der Waals surface area contributed by atoms with E-state index in [9.17, 15) is 4.79 Å². The zero-order valence-electron chi connectivity index (χ0n) is 14.0. The van der Waals surface area contributed by atoms with Gasteiger partial charge in [0, 0.05) is 24.5 Å². The Kier molecular flexibility index (Phi) is 6.73. The SMILES string of the molecule is CCCCC(CC)CNC(=O)c1cnc(-c2ccccc2)nc1. The summed E-state index contributed by atoms with van der Waals surface area (Å²) in [5.41, 5.74) is 1.46. The minimum Gasteiger partial charge on any atom is -0.352 e. The van der Waals surface area contributed by atoms with Crippen LogP contribution in [0.25, 0.3) is 11.4 Å². The van der Waals surface area contributed by atoms with Gasteiger partial charge in [-0.15, -0.1) is 0 Å². The van der Waals surface area contributed by atoms with Crippen LogP contribution < -0.4 is 5.32 Å². The van der Waals surface area contributed by atoms with Crippen molar-refractivity contribution in [3.8, 4) is 11.4 Å². The van der Waals surface area contributed by atoms with E-state index in [1.165, 1.54) is 12.8 Å². The number of unbranched alkanes of at least 4 members (excludes halogenated alkanes) is 1. The molecule has 0 aliphatic carbocycles. The maximum atomic E-state index is 12.2. The molecule has 0 aliphatic rings. The third-order valence-corrected chi connectivity index (χ3v) is 4.04. The van der Waals surface area contributed by atoms with E-state index in [1.807, 2.05) is 30.3 Å². The molecule has 122 valence electrons. The summed E-state index contributed by atoms with van der Waals surface area (Å²) in [6.07, 6.45) is 7.85. The molecule has 0 aliphatic heterocycles. The lowest BCUT2D eigenvalue weighted by Gasteiger charge is -2.15. The minimum absolute atomic E-state index is 0.0976. The maximum absolute atomic E-state index is 12.2. The van der Waals surface area contributed by atoms with E-state index in [-0.39, 0.29) is 5.91 Å². The third-order valence-electron chi connectivity index (χ3n) is 4.04. The Balaban J connectivity index is 1.92. The number of aromatic nitrogens is 2. The summed E-state index contributed by atoms with van der Waals surface area (Å²) in [6.45, 7) is 5.08.